The van der Waals surface area contributed by atoms with E-state index in [0.29, 0.717) is 101 Å². The molecule has 17 nitrogen and oxygen atoms in total. The van der Waals surface area contributed by atoms with E-state index >= 15 is 0 Å². The van der Waals surface area contributed by atoms with E-state index in [0.717, 1.165) is 28.9 Å². The van der Waals surface area contributed by atoms with Gasteiger partial charge in [-0.25, -0.2) is 0 Å². The van der Waals surface area contributed by atoms with Crippen molar-refractivity contribution < 1.29 is 47.7 Å². The van der Waals surface area contributed by atoms with Crippen LogP contribution >= 0.6 is 0 Å². The van der Waals surface area contributed by atoms with Gasteiger partial charge in [-0.15, -0.1) is 0 Å². The van der Waals surface area contributed by atoms with Crippen molar-refractivity contribution in [3.63, 3.8) is 0 Å². The number of Topliss-reactive ketones (excluding diaryl/α,β-unsaturated/α-hetero) is 1. The minimum Gasteiger partial charge on any atom is -0.493 e. The van der Waals surface area contributed by atoms with E-state index in [4.69, 9.17) is 23.9 Å². The zero-order chi connectivity index (χ0) is 51.3. The van der Waals surface area contributed by atoms with E-state index in [1.165, 1.54) is 28.1 Å². The standard InChI is InChI=1S/C56H59N7O10/c1-6-41(64)15-9-12-18-52(65)59-32(2)53(66)60-33(3)54(67)61-38-20-34(30-72-50-26-44-42(24-48(50)70-4)55(68)62-39(28-57-44)22-36-13-7-10-16-46(36)62)19-35(21-38)31-73-51-27-45-43(25-49(51)71-5)56(69)63-40(29-58-45)23-37-14-8-11-17-47(37)63/h7-8,10-11,13-14,16-17,19-21,24-28,32-33,39-40,58H,6,9,12,15,18,22-23,29-31H2,1-5H3,(H,59,65)(H,60,66)(H,61,67). The number of carbonyl (C=O) groups excluding carboxylic acids is 6. The molecule has 4 aliphatic heterocycles. The van der Waals surface area contributed by atoms with Crippen LogP contribution in [0.2, 0.25) is 0 Å². The number of ether oxygens (including phenoxy) is 4. The van der Waals surface area contributed by atoms with Gasteiger partial charge in [-0.05, 0) is 97.8 Å². The summed E-state index contributed by atoms with van der Waals surface area (Å²) in [4.78, 5) is 87.6. The number of amides is 5. The Bertz CT molecular complexity index is 3030. The first-order chi connectivity index (χ1) is 35.3. The number of fused-ring (bicyclic) bond motifs is 8. The van der Waals surface area contributed by atoms with Gasteiger partial charge in [0.2, 0.25) is 17.7 Å². The molecule has 4 atom stereocenters. The molecule has 0 spiro atoms. The summed E-state index contributed by atoms with van der Waals surface area (Å²) in [5.41, 5.74) is 7.44. The highest BCUT2D eigenvalue weighted by atomic mass is 16.5. The lowest BCUT2D eigenvalue weighted by molar-refractivity contribution is -0.130. The summed E-state index contributed by atoms with van der Waals surface area (Å²) in [5, 5.41) is 11.7. The van der Waals surface area contributed by atoms with Crippen molar-refractivity contribution in [2.75, 3.05) is 41.2 Å². The Kier molecular flexibility index (Phi) is 14.8. The summed E-state index contributed by atoms with van der Waals surface area (Å²) in [6.45, 7) is 5.40. The van der Waals surface area contributed by atoms with Crippen molar-refractivity contribution in [1.82, 2.24) is 10.6 Å². The van der Waals surface area contributed by atoms with Gasteiger partial charge in [0.25, 0.3) is 11.8 Å². The third kappa shape index (κ3) is 10.7. The summed E-state index contributed by atoms with van der Waals surface area (Å²) >= 11 is 0. The Labute approximate surface area is 423 Å². The van der Waals surface area contributed by atoms with Crippen LogP contribution in [0.1, 0.15) is 95.8 Å². The topological polar surface area (TPSA) is 206 Å². The van der Waals surface area contributed by atoms with Crippen LogP contribution in [0.4, 0.5) is 28.4 Å². The van der Waals surface area contributed by atoms with Gasteiger partial charge in [-0.1, -0.05) is 43.3 Å². The number of para-hydroxylation sites is 2. The number of anilines is 4. The summed E-state index contributed by atoms with van der Waals surface area (Å²) < 4.78 is 24.4. The molecule has 0 fully saturated rings. The first-order valence-corrected chi connectivity index (χ1v) is 24.7. The predicted octanol–water partition coefficient (Wildman–Crippen LogP) is 7.63. The summed E-state index contributed by atoms with van der Waals surface area (Å²) in [6, 6.07) is 25.6. The van der Waals surface area contributed by atoms with Crippen LogP contribution in [-0.4, -0.2) is 86.5 Å². The molecule has 0 bridgehead atoms. The number of hydrogen-bond donors (Lipinski definition) is 4. The highest BCUT2D eigenvalue weighted by Crippen LogP contribution is 2.43. The zero-order valence-electron chi connectivity index (χ0n) is 41.5. The van der Waals surface area contributed by atoms with Crippen LogP contribution in [-0.2, 0) is 45.2 Å². The lowest BCUT2D eigenvalue weighted by Gasteiger charge is -2.22. The molecule has 73 heavy (non-hydrogen) atoms. The second-order valence-corrected chi connectivity index (χ2v) is 18.7. The molecule has 4 N–H and O–H groups in total. The molecule has 4 aliphatic rings. The second-order valence-electron chi connectivity index (χ2n) is 18.7. The van der Waals surface area contributed by atoms with Crippen molar-refractivity contribution in [1.29, 1.82) is 0 Å². The second kappa shape index (κ2) is 21.6. The van der Waals surface area contributed by atoms with Crippen LogP contribution < -0.4 is 50.0 Å². The van der Waals surface area contributed by atoms with Crippen LogP contribution in [0, 0.1) is 0 Å². The Morgan fingerprint density at radius 3 is 1.99 bits per heavy atom. The largest absolute Gasteiger partial charge is 0.493 e. The van der Waals surface area contributed by atoms with Gasteiger partial charge in [0.15, 0.2) is 23.0 Å². The first kappa shape index (κ1) is 49.8. The highest BCUT2D eigenvalue weighted by molar-refractivity contribution is 6.15. The SMILES string of the molecule is CCC(=O)CCCCC(=O)NC(C)C(=O)NC(C)C(=O)Nc1cc(COc2cc3c(cc2OC)C(=O)N2c4ccccc4CC2C=N3)cc(COc2cc3c(cc2OC)C(=O)N2c4ccccc4CC2CN3)c1. The molecule has 0 aliphatic carbocycles. The van der Waals surface area contributed by atoms with E-state index in [2.05, 4.69) is 21.3 Å². The number of rotatable bonds is 19. The quantitative estimate of drug-likeness (QED) is 0.0592. The lowest BCUT2D eigenvalue weighted by atomic mass is 10.1. The van der Waals surface area contributed by atoms with Gasteiger partial charge >= 0.3 is 0 Å². The number of unbranched alkanes of at least 4 members (excludes halogenated alkanes) is 1. The Balaban J connectivity index is 0.931. The molecule has 0 saturated heterocycles. The Hall–Kier alpha value is -8.21. The number of nitrogens with one attached hydrogen (secondary N) is 4. The van der Waals surface area contributed by atoms with E-state index in [1.54, 1.807) is 54.4 Å². The van der Waals surface area contributed by atoms with Gasteiger partial charge in [-0.2, -0.15) is 0 Å². The fraction of sp³-hybridized carbons (Fsp3) is 0.339. The normalized spacial score (nSPS) is 16.7. The Morgan fingerprint density at radius 2 is 1.30 bits per heavy atom. The smallest absolute Gasteiger partial charge is 0.261 e. The van der Waals surface area contributed by atoms with E-state index < -0.39 is 23.9 Å². The summed E-state index contributed by atoms with van der Waals surface area (Å²) in [5.74, 6) is -0.191. The van der Waals surface area contributed by atoms with Crippen molar-refractivity contribution in [3.05, 3.63) is 124 Å². The van der Waals surface area contributed by atoms with Gasteiger partial charge in [0.1, 0.15) is 31.1 Å². The fourth-order valence-corrected chi connectivity index (χ4v) is 9.74. The van der Waals surface area contributed by atoms with Gasteiger partial charge < -0.3 is 45.1 Å². The molecule has 378 valence electrons. The van der Waals surface area contributed by atoms with Crippen molar-refractivity contribution in [3.8, 4) is 23.0 Å². The molecule has 5 aromatic rings. The van der Waals surface area contributed by atoms with E-state index in [9.17, 15) is 28.8 Å². The molecular formula is C56H59N7O10. The minimum absolute atomic E-state index is 0.000129. The van der Waals surface area contributed by atoms with Crippen LogP contribution in [0.5, 0.6) is 23.0 Å². The zero-order valence-corrected chi connectivity index (χ0v) is 41.5. The van der Waals surface area contributed by atoms with Crippen LogP contribution in [0.3, 0.4) is 0 Å². The van der Waals surface area contributed by atoms with E-state index in [1.807, 2.05) is 59.5 Å². The monoisotopic (exact) mass is 989 g/mol. The molecule has 9 rings (SSSR count). The average molecular weight is 990 g/mol. The summed E-state index contributed by atoms with van der Waals surface area (Å²) in [6.07, 6.45) is 5.31. The van der Waals surface area contributed by atoms with Gasteiger partial charge in [0, 0.05) is 67.6 Å². The van der Waals surface area contributed by atoms with Crippen LogP contribution in [0.25, 0.3) is 0 Å². The molecule has 5 amide bonds. The molecule has 0 radical (unpaired) electrons. The molecule has 0 aromatic heterocycles. The average Bonchev–Trinajstić information content (AvgIpc) is 3.89. The lowest BCUT2D eigenvalue weighted by Crippen LogP contribution is -2.50. The molecule has 4 unspecified atom stereocenters. The minimum atomic E-state index is -1.01. The van der Waals surface area contributed by atoms with Gasteiger partial charge in [-0.3, -0.25) is 38.7 Å². The molecule has 17 heteroatoms. The maximum absolute atomic E-state index is 14.1. The number of carbonyl (C=O) groups is 6. The predicted molar refractivity (Wildman–Crippen MR) is 277 cm³/mol. The van der Waals surface area contributed by atoms with Crippen molar-refractivity contribution in [2.45, 2.75) is 103 Å². The Morgan fingerprint density at radius 1 is 0.699 bits per heavy atom. The number of aliphatic imine (C=N–C) groups is 1. The number of hydrogen-bond acceptors (Lipinski definition) is 12. The number of nitrogens with zero attached hydrogens (tertiary/aromatic N) is 3. The number of methoxy groups -OCH3 is 2. The third-order valence-corrected chi connectivity index (χ3v) is 13.6. The number of ketones is 1. The molecule has 4 heterocycles. The fourth-order valence-electron chi connectivity index (χ4n) is 9.74. The maximum atomic E-state index is 14.1. The van der Waals surface area contributed by atoms with Gasteiger partial charge in [0.05, 0.1) is 48.8 Å². The van der Waals surface area contributed by atoms with E-state index in [-0.39, 0.29) is 55.2 Å². The first-order valence-electron chi connectivity index (χ1n) is 24.7. The number of benzene rings is 5. The molecular weight excluding hydrogens is 931 g/mol. The highest BCUT2D eigenvalue weighted by Gasteiger charge is 2.39. The van der Waals surface area contributed by atoms with Crippen molar-refractivity contribution >= 4 is 70.0 Å². The van der Waals surface area contributed by atoms with Crippen LogP contribution in [0.15, 0.2) is 96.0 Å². The molecule has 0 saturated carbocycles. The summed E-state index contributed by atoms with van der Waals surface area (Å²) in [7, 11) is 3.01. The molecule has 5 aromatic carbocycles. The maximum Gasteiger partial charge on any atom is 0.261 e. The van der Waals surface area contributed by atoms with Crippen molar-refractivity contribution in [2.24, 2.45) is 4.99 Å². The third-order valence-electron chi connectivity index (χ3n) is 13.6.